The number of hydrogen-bond donors (Lipinski definition) is 0. The van der Waals surface area contributed by atoms with Crippen LogP contribution in [-0.2, 0) is 16.0 Å². The third-order valence-corrected chi connectivity index (χ3v) is 4.35. The molecule has 0 aliphatic carbocycles. The van der Waals surface area contributed by atoms with Gasteiger partial charge in [-0.3, -0.25) is 10.5 Å². The molecule has 1 N–H and O–H groups in total. The number of amides is 1. The zero-order chi connectivity index (χ0) is 16.3. The molecule has 4 heteroatoms. The number of benzene rings is 1. The van der Waals surface area contributed by atoms with Gasteiger partial charge in [0, 0.05) is 25.2 Å². The predicted octanol–water partition coefficient (Wildman–Crippen LogP) is 2.91. The van der Waals surface area contributed by atoms with Crippen LogP contribution in [0, 0.1) is 19.3 Å². The molecular formula is C18H27N2O2. The van der Waals surface area contributed by atoms with Crippen LogP contribution in [0.1, 0.15) is 37.0 Å². The fourth-order valence-electron chi connectivity index (χ4n) is 3.23. The number of morpholine rings is 1. The minimum absolute atomic E-state index is 0.172. The molecule has 4 nitrogen and oxygen atoms in total. The van der Waals surface area contributed by atoms with Gasteiger partial charge in [0.25, 0.3) is 0 Å². The summed E-state index contributed by atoms with van der Waals surface area (Å²) in [5, 5.41) is 0. The van der Waals surface area contributed by atoms with Gasteiger partial charge < -0.3 is 9.64 Å². The Labute approximate surface area is 133 Å². The molecule has 0 bridgehead atoms. The zero-order valence-corrected chi connectivity index (χ0v) is 14.2. The number of hydrogen-bond acceptors (Lipinski definition) is 3. The Bertz CT molecular complexity index is 523. The summed E-state index contributed by atoms with van der Waals surface area (Å²) in [6.45, 7) is 11.9. The lowest BCUT2D eigenvalue weighted by molar-refractivity contribution is -0.120. The Hall–Kier alpha value is -1.55. The van der Waals surface area contributed by atoms with Crippen molar-refractivity contribution in [1.82, 2.24) is 5.73 Å². The highest BCUT2D eigenvalue weighted by Gasteiger charge is 2.24. The number of carbonyl (C=O) groups excluding carboxylic acids is 1. The molecule has 1 aromatic carbocycles. The number of ether oxygens (including phenoxy) is 1. The lowest BCUT2D eigenvalue weighted by Crippen LogP contribution is -2.36. The van der Waals surface area contributed by atoms with Gasteiger partial charge in [-0.15, -0.1) is 0 Å². The summed E-state index contributed by atoms with van der Waals surface area (Å²) < 4.78 is 5.42. The molecule has 2 rings (SSSR count). The first-order valence-electron chi connectivity index (χ1n) is 7.96. The lowest BCUT2D eigenvalue weighted by Gasteiger charge is -2.31. The van der Waals surface area contributed by atoms with E-state index in [1.165, 1.54) is 22.4 Å². The molecule has 1 saturated heterocycles. The number of anilines is 1. The van der Waals surface area contributed by atoms with Gasteiger partial charge in [-0.2, -0.15) is 0 Å². The molecule has 1 fully saturated rings. The Kier molecular flexibility index (Phi) is 5.12. The first-order valence-corrected chi connectivity index (χ1v) is 7.96. The van der Waals surface area contributed by atoms with E-state index in [9.17, 15) is 4.79 Å². The van der Waals surface area contributed by atoms with Gasteiger partial charge in [0.15, 0.2) is 0 Å². The van der Waals surface area contributed by atoms with Crippen molar-refractivity contribution < 1.29 is 9.53 Å². The largest absolute Gasteiger partial charge is 0.378 e. The number of nitrogens with one attached hydrogen (secondary N) is 1. The van der Waals surface area contributed by atoms with Gasteiger partial charge >= 0.3 is 0 Å². The zero-order valence-electron chi connectivity index (χ0n) is 14.2. The van der Waals surface area contributed by atoms with E-state index in [-0.39, 0.29) is 5.41 Å². The summed E-state index contributed by atoms with van der Waals surface area (Å²) >= 11 is 0. The molecule has 1 amide bonds. The van der Waals surface area contributed by atoms with E-state index < -0.39 is 5.91 Å². The molecule has 1 aliphatic rings. The van der Waals surface area contributed by atoms with Crippen LogP contribution < -0.4 is 10.6 Å². The van der Waals surface area contributed by atoms with Crippen molar-refractivity contribution in [2.24, 2.45) is 5.41 Å². The summed E-state index contributed by atoms with van der Waals surface area (Å²) in [5.74, 6) is -0.481. The molecular weight excluding hydrogens is 276 g/mol. The molecule has 0 atom stereocenters. The van der Waals surface area contributed by atoms with Crippen LogP contribution in [0.15, 0.2) is 12.1 Å². The fourth-order valence-corrected chi connectivity index (χ4v) is 3.23. The van der Waals surface area contributed by atoms with Crippen molar-refractivity contribution in [3.05, 3.63) is 28.8 Å². The highest BCUT2D eigenvalue weighted by atomic mass is 16.5. The molecule has 0 saturated carbocycles. The number of aryl methyl sites for hydroxylation is 2. The predicted molar refractivity (Wildman–Crippen MR) is 89.2 cm³/mol. The van der Waals surface area contributed by atoms with E-state index in [1.807, 2.05) is 0 Å². The van der Waals surface area contributed by atoms with Crippen LogP contribution in [0.25, 0.3) is 0 Å². The van der Waals surface area contributed by atoms with Gasteiger partial charge in [-0.25, -0.2) is 0 Å². The maximum absolute atomic E-state index is 11.1. The van der Waals surface area contributed by atoms with Crippen molar-refractivity contribution in [3.63, 3.8) is 0 Å². The SMILES string of the molecule is Cc1cc(N2CCOCC2)cc(C)c1CC(C)(C)CC([NH])=O. The van der Waals surface area contributed by atoms with Crippen LogP contribution in [0.2, 0.25) is 0 Å². The Balaban J connectivity index is 2.21. The summed E-state index contributed by atoms with van der Waals surface area (Å²) in [5.41, 5.74) is 12.2. The summed E-state index contributed by atoms with van der Waals surface area (Å²) in [6, 6.07) is 4.48. The molecule has 0 aromatic heterocycles. The third-order valence-electron chi connectivity index (χ3n) is 4.35. The molecule has 121 valence electrons. The van der Waals surface area contributed by atoms with Gasteiger partial charge in [-0.1, -0.05) is 13.8 Å². The van der Waals surface area contributed by atoms with Gasteiger partial charge in [0.2, 0.25) is 5.91 Å². The van der Waals surface area contributed by atoms with Crippen LogP contribution >= 0.6 is 0 Å². The first-order chi connectivity index (χ1) is 10.3. The molecule has 1 heterocycles. The van der Waals surface area contributed by atoms with E-state index in [0.717, 1.165) is 32.7 Å². The Morgan fingerprint density at radius 3 is 2.27 bits per heavy atom. The second-order valence-corrected chi connectivity index (χ2v) is 7.10. The van der Waals surface area contributed by atoms with Crippen molar-refractivity contribution >= 4 is 11.6 Å². The highest BCUT2D eigenvalue weighted by molar-refractivity contribution is 5.73. The van der Waals surface area contributed by atoms with E-state index in [4.69, 9.17) is 10.5 Å². The number of rotatable bonds is 5. The molecule has 0 unspecified atom stereocenters. The highest BCUT2D eigenvalue weighted by Crippen LogP contribution is 2.31. The molecule has 0 spiro atoms. The van der Waals surface area contributed by atoms with Gasteiger partial charge in [0.05, 0.1) is 13.2 Å². The van der Waals surface area contributed by atoms with E-state index in [2.05, 4.69) is 44.7 Å². The van der Waals surface area contributed by atoms with Crippen molar-refractivity contribution in [2.45, 2.75) is 40.5 Å². The Morgan fingerprint density at radius 2 is 1.77 bits per heavy atom. The minimum atomic E-state index is -0.481. The minimum Gasteiger partial charge on any atom is -0.378 e. The monoisotopic (exact) mass is 303 g/mol. The van der Waals surface area contributed by atoms with E-state index in [0.29, 0.717) is 6.42 Å². The fraction of sp³-hybridized carbons (Fsp3) is 0.611. The topological polar surface area (TPSA) is 53.3 Å². The van der Waals surface area contributed by atoms with Crippen LogP contribution in [-0.4, -0.2) is 32.2 Å². The maximum atomic E-state index is 11.1. The van der Waals surface area contributed by atoms with Crippen molar-refractivity contribution in [1.29, 1.82) is 0 Å². The first kappa shape index (κ1) is 16.8. The third kappa shape index (κ3) is 4.23. The van der Waals surface area contributed by atoms with Crippen molar-refractivity contribution in [2.75, 3.05) is 31.2 Å². The van der Waals surface area contributed by atoms with Crippen LogP contribution in [0.3, 0.4) is 0 Å². The van der Waals surface area contributed by atoms with E-state index >= 15 is 0 Å². The van der Waals surface area contributed by atoms with Crippen LogP contribution in [0.5, 0.6) is 0 Å². The van der Waals surface area contributed by atoms with Gasteiger partial charge in [-0.05, 0) is 54.5 Å². The summed E-state index contributed by atoms with van der Waals surface area (Å²) in [4.78, 5) is 13.5. The summed E-state index contributed by atoms with van der Waals surface area (Å²) in [7, 11) is 0. The van der Waals surface area contributed by atoms with Gasteiger partial charge in [0.1, 0.15) is 0 Å². The smallest absolute Gasteiger partial charge is 0.238 e. The maximum Gasteiger partial charge on any atom is 0.238 e. The summed E-state index contributed by atoms with van der Waals surface area (Å²) in [6.07, 6.45) is 1.13. The molecule has 22 heavy (non-hydrogen) atoms. The molecule has 1 aliphatic heterocycles. The quantitative estimate of drug-likeness (QED) is 0.840. The average Bonchev–Trinajstić information content (AvgIpc) is 2.42. The Morgan fingerprint density at radius 1 is 1.23 bits per heavy atom. The number of carbonyl (C=O) groups is 1. The van der Waals surface area contributed by atoms with E-state index in [1.54, 1.807) is 0 Å². The average molecular weight is 303 g/mol. The number of nitrogens with zero attached hydrogens (tertiary/aromatic N) is 1. The van der Waals surface area contributed by atoms with Crippen LogP contribution in [0.4, 0.5) is 5.69 Å². The second-order valence-electron chi connectivity index (χ2n) is 7.10. The second kappa shape index (κ2) is 6.69. The molecule has 1 radical (unpaired) electrons. The lowest BCUT2D eigenvalue weighted by atomic mass is 9.80. The van der Waals surface area contributed by atoms with Crippen molar-refractivity contribution in [3.8, 4) is 0 Å². The standard InChI is InChI=1S/C18H27N2O2/c1-13-9-15(20-5-7-22-8-6-20)10-14(2)16(13)11-18(3,4)12-17(19)21/h9-10,19H,5-8,11-12H2,1-4H3. The normalized spacial score (nSPS) is 15.9. The molecule has 1 aromatic rings.